The van der Waals surface area contributed by atoms with Gasteiger partial charge in [0.25, 0.3) is 5.91 Å². The molecule has 2 saturated carbocycles. The van der Waals surface area contributed by atoms with Crippen molar-refractivity contribution in [1.29, 1.82) is 0 Å². The minimum absolute atomic E-state index is 0.0320. The van der Waals surface area contributed by atoms with E-state index in [0.717, 1.165) is 36.0 Å². The Hall–Kier alpha value is -4.23. The molecule has 298 valence electrons. The number of carbonyl (C=O) groups is 4. The Balaban J connectivity index is 1.38. The number of aryl methyl sites for hydroxylation is 1. The summed E-state index contributed by atoms with van der Waals surface area (Å²) in [6.07, 6.45) is 5.29. The Kier molecular flexibility index (Phi) is 11.0. The summed E-state index contributed by atoms with van der Waals surface area (Å²) < 4.78 is 39.7. The summed E-state index contributed by atoms with van der Waals surface area (Å²) in [5.74, 6) is -2.50. The fourth-order valence-corrected chi connectivity index (χ4v) is 9.45. The average Bonchev–Trinajstić information content (AvgIpc) is 4.06. The van der Waals surface area contributed by atoms with Gasteiger partial charge in [-0.05, 0) is 78.0 Å². The summed E-state index contributed by atoms with van der Waals surface area (Å²) in [6, 6.07) is 14.1. The van der Waals surface area contributed by atoms with Crippen molar-refractivity contribution < 1.29 is 37.1 Å². The van der Waals surface area contributed by atoms with E-state index in [1.807, 2.05) is 57.2 Å². The fourth-order valence-electron chi connectivity index (χ4n) is 8.08. The lowest BCUT2D eigenvalue weighted by atomic mass is 9.83. The van der Waals surface area contributed by atoms with Crippen LogP contribution in [0.1, 0.15) is 90.7 Å². The molecule has 4 bridgehead atoms. The summed E-state index contributed by atoms with van der Waals surface area (Å²) >= 11 is 0. The molecule has 55 heavy (non-hydrogen) atoms. The van der Waals surface area contributed by atoms with Crippen molar-refractivity contribution in [2.45, 2.75) is 114 Å². The van der Waals surface area contributed by atoms with E-state index in [1.54, 1.807) is 0 Å². The largest absolute Gasteiger partial charge is 0.450 e. The lowest BCUT2D eigenvalue weighted by Crippen LogP contribution is -2.60. The van der Waals surface area contributed by atoms with Crippen LogP contribution >= 0.6 is 0 Å². The van der Waals surface area contributed by atoms with Crippen LogP contribution in [0.3, 0.4) is 0 Å². The van der Waals surface area contributed by atoms with Gasteiger partial charge in [0, 0.05) is 19.4 Å². The predicted octanol–water partition coefficient (Wildman–Crippen LogP) is 5.36. The molecule has 3 N–H and O–H groups in total. The highest BCUT2D eigenvalue weighted by atomic mass is 32.2. The van der Waals surface area contributed by atoms with Crippen LogP contribution in [-0.2, 0) is 45.9 Å². The number of nitrogens with one attached hydrogen (secondary N) is 3. The molecule has 1 saturated heterocycles. The minimum Gasteiger partial charge on any atom is -0.450 e. The van der Waals surface area contributed by atoms with Gasteiger partial charge >= 0.3 is 6.09 Å². The maximum Gasteiger partial charge on any atom is 0.407 e. The first-order chi connectivity index (χ1) is 25.8. The zero-order chi connectivity index (χ0) is 40.0. The normalized spacial score (nSPS) is 28.6. The molecular formula is C42H56N4O8S. The molecule has 0 spiro atoms. The Morgan fingerprint density at radius 3 is 2.35 bits per heavy atom. The molecule has 4 amide bonds. The van der Waals surface area contributed by atoms with Crippen molar-refractivity contribution in [3.63, 3.8) is 0 Å². The zero-order valence-electron chi connectivity index (χ0n) is 32.9. The first-order valence-corrected chi connectivity index (χ1v) is 20.9. The fraction of sp³-hybridized carbons (Fsp3) is 0.571. The van der Waals surface area contributed by atoms with Gasteiger partial charge in [-0.2, -0.15) is 0 Å². The van der Waals surface area contributed by atoms with E-state index < -0.39 is 73.6 Å². The molecule has 13 heteroatoms. The first-order valence-electron chi connectivity index (χ1n) is 19.3. The highest BCUT2D eigenvalue weighted by Crippen LogP contribution is 2.47. The third-order valence-electron chi connectivity index (χ3n) is 12.0. The van der Waals surface area contributed by atoms with Gasteiger partial charge in [0.2, 0.25) is 21.8 Å². The van der Waals surface area contributed by atoms with Crippen LogP contribution in [0, 0.1) is 16.7 Å². The zero-order valence-corrected chi connectivity index (χ0v) is 33.7. The number of carbonyl (C=O) groups excluding carboxylic acids is 4. The molecule has 0 unspecified atom stereocenters. The molecule has 2 aromatic carbocycles. The number of sulfonamides is 1. The van der Waals surface area contributed by atoms with Crippen molar-refractivity contribution in [2.24, 2.45) is 16.7 Å². The van der Waals surface area contributed by atoms with Crippen LogP contribution in [0.15, 0.2) is 61.2 Å². The van der Waals surface area contributed by atoms with Crippen LogP contribution in [-0.4, -0.2) is 80.3 Å². The molecule has 5 aliphatic rings. The van der Waals surface area contributed by atoms with Gasteiger partial charge in [-0.25, -0.2) is 13.2 Å². The molecule has 3 aliphatic heterocycles. The SMILES string of the molecule is C=C[C@@H]1C[C@]1(NC(=O)[C@@H]1C[C@]2(OC)CN1C(=O)[C@H](C(C)(C)C)NC(=O)OCCC(C)(C)CCCc1ccccc1-c1ccc2cc1)C(=O)NS(=O)(=O)C1CC1. The Morgan fingerprint density at radius 1 is 1.04 bits per heavy atom. The summed E-state index contributed by atoms with van der Waals surface area (Å²) in [7, 11) is -2.36. The van der Waals surface area contributed by atoms with Crippen LogP contribution in [0.25, 0.3) is 11.1 Å². The molecule has 3 fully saturated rings. The molecule has 5 atom stereocenters. The number of amides is 4. The van der Waals surface area contributed by atoms with E-state index in [4.69, 9.17) is 9.47 Å². The first kappa shape index (κ1) is 40.4. The number of benzene rings is 2. The highest BCUT2D eigenvalue weighted by molar-refractivity contribution is 7.91. The van der Waals surface area contributed by atoms with Gasteiger partial charge in [-0.15, -0.1) is 6.58 Å². The molecule has 7 rings (SSSR count). The van der Waals surface area contributed by atoms with E-state index in [-0.39, 0.29) is 31.4 Å². The summed E-state index contributed by atoms with van der Waals surface area (Å²) in [4.78, 5) is 57.7. The Bertz CT molecular complexity index is 1940. The molecule has 0 radical (unpaired) electrons. The Labute approximate surface area is 325 Å². The van der Waals surface area contributed by atoms with E-state index in [0.29, 0.717) is 19.3 Å². The second-order valence-corrected chi connectivity index (χ2v) is 19.6. The topological polar surface area (TPSA) is 160 Å². The van der Waals surface area contributed by atoms with Gasteiger partial charge in [-0.3, -0.25) is 19.1 Å². The van der Waals surface area contributed by atoms with Gasteiger partial charge < -0.3 is 25.0 Å². The maximum atomic E-state index is 14.8. The van der Waals surface area contributed by atoms with Crippen molar-refractivity contribution in [3.05, 3.63) is 72.3 Å². The number of nitrogens with zero attached hydrogens (tertiary/aromatic N) is 1. The Morgan fingerprint density at radius 2 is 1.73 bits per heavy atom. The van der Waals surface area contributed by atoms with Crippen molar-refractivity contribution in [2.75, 3.05) is 20.3 Å². The number of hydrogen-bond acceptors (Lipinski definition) is 8. The molecular weight excluding hydrogens is 721 g/mol. The predicted molar refractivity (Wildman–Crippen MR) is 209 cm³/mol. The molecule has 2 aliphatic carbocycles. The number of rotatable bonds is 7. The number of ether oxygens (including phenoxy) is 2. The molecule has 0 aromatic heterocycles. The van der Waals surface area contributed by atoms with Crippen LogP contribution in [0.5, 0.6) is 0 Å². The smallest absolute Gasteiger partial charge is 0.407 e. The van der Waals surface area contributed by atoms with Crippen molar-refractivity contribution in [3.8, 4) is 11.1 Å². The minimum atomic E-state index is -3.90. The quantitative estimate of drug-likeness (QED) is 0.317. The van der Waals surface area contributed by atoms with Gasteiger partial charge in [0.15, 0.2) is 0 Å². The summed E-state index contributed by atoms with van der Waals surface area (Å²) in [5, 5.41) is 5.02. The second kappa shape index (κ2) is 15.0. The lowest BCUT2D eigenvalue weighted by molar-refractivity contribution is -0.143. The molecule has 12 nitrogen and oxygen atoms in total. The second-order valence-electron chi connectivity index (χ2n) is 17.6. The average molecular weight is 777 g/mol. The number of methoxy groups -OCH3 is 1. The van der Waals surface area contributed by atoms with Crippen LogP contribution in [0.2, 0.25) is 0 Å². The van der Waals surface area contributed by atoms with Crippen molar-refractivity contribution >= 4 is 33.8 Å². The monoisotopic (exact) mass is 776 g/mol. The standard InChI is InChI=1S/C42H56N4O8S/c1-8-29-24-42(29,37(49)45-55(51,52)31-19-20-31)44-35(47)33-25-41(53-7)26-46(33)36(48)34(39(2,3)4)43-38(50)54-23-22-40(5,6)21-11-13-27-12-9-10-14-32(27)28-15-17-30(41)18-16-28/h8-10,12,14-18,29,31,33-34H,1,11,13,19-26H2,2-7H3,(H,43,50)(H,44,47)(H,45,49)/t29-,33+,34-,41+,42-/m1/s1. The summed E-state index contributed by atoms with van der Waals surface area (Å²) in [5.41, 5.74) is 0.530. The van der Waals surface area contributed by atoms with Gasteiger partial charge in [0.05, 0.1) is 18.4 Å². The van der Waals surface area contributed by atoms with Crippen molar-refractivity contribution in [1.82, 2.24) is 20.3 Å². The third kappa shape index (κ3) is 8.47. The molecule has 2 aromatic rings. The number of alkyl carbamates (subject to hydrolysis) is 1. The number of fused-ring (bicyclic) bond motifs is 12. The van der Waals surface area contributed by atoms with E-state index in [9.17, 15) is 27.6 Å². The van der Waals surface area contributed by atoms with Gasteiger partial charge in [0.1, 0.15) is 23.2 Å². The van der Waals surface area contributed by atoms with E-state index >= 15 is 0 Å². The van der Waals surface area contributed by atoms with Gasteiger partial charge in [-0.1, -0.05) is 89.2 Å². The third-order valence-corrected chi connectivity index (χ3v) is 13.8. The van der Waals surface area contributed by atoms with Crippen LogP contribution < -0.4 is 15.4 Å². The summed E-state index contributed by atoms with van der Waals surface area (Å²) in [6.45, 7) is 13.7. The van der Waals surface area contributed by atoms with Crippen LogP contribution in [0.4, 0.5) is 4.79 Å². The maximum absolute atomic E-state index is 14.8. The number of hydrogen-bond donors (Lipinski definition) is 3. The lowest BCUT2D eigenvalue weighted by Gasteiger charge is -2.36. The highest BCUT2D eigenvalue weighted by Gasteiger charge is 2.62. The van der Waals surface area contributed by atoms with E-state index in [2.05, 4.69) is 47.9 Å². The van der Waals surface area contributed by atoms with E-state index in [1.165, 1.54) is 23.6 Å². The molecule has 3 heterocycles.